The van der Waals surface area contributed by atoms with E-state index in [1.54, 1.807) is 37.3 Å². The second kappa shape index (κ2) is 17.3. The first-order valence-corrected chi connectivity index (χ1v) is 22.9. The number of halogens is 3. The number of nitrogens with zero attached hydrogens (tertiary/aromatic N) is 3. The van der Waals surface area contributed by atoms with E-state index in [0.29, 0.717) is 42.2 Å². The number of alkyl halides is 3. The molecule has 5 aliphatic rings. The molecule has 1 unspecified atom stereocenters. The lowest BCUT2D eigenvalue weighted by Crippen LogP contribution is -2.71. The molecule has 2 saturated heterocycles. The van der Waals surface area contributed by atoms with Crippen LogP contribution in [0, 0.1) is 17.8 Å². The van der Waals surface area contributed by atoms with Crippen LogP contribution >= 0.6 is 0 Å². The van der Waals surface area contributed by atoms with Gasteiger partial charge in [-0.15, -0.1) is 0 Å². The van der Waals surface area contributed by atoms with Crippen LogP contribution in [0.15, 0.2) is 36.4 Å². The third kappa shape index (κ3) is 8.72. The Morgan fingerprint density at radius 3 is 2.49 bits per heavy atom. The summed E-state index contributed by atoms with van der Waals surface area (Å²) in [6, 6.07) is 3.28. The zero-order chi connectivity index (χ0) is 45.7. The van der Waals surface area contributed by atoms with Gasteiger partial charge in [-0.1, -0.05) is 32.4 Å². The number of sulfonamides is 1. The Morgan fingerprint density at radius 2 is 1.87 bits per heavy atom. The minimum atomic E-state index is -5.16. The van der Waals surface area contributed by atoms with Gasteiger partial charge in [0.1, 0.15) is 29.5 Å². The molecule has 346 valence electrons. The molecule has 0 radical (unpaired) electrons. The molecule has 1 aromatic heterocycles. The number of rotatable bonds is 10. The van der Waals surface area contributed by atoms with Crippen molar-refractivity contribution in [2.75, 3.05) is 34.0 Å². The molecule has 4 heterocycles. The number of allylic oxidation sites excluding steroid dienone is 1. The standard InChI is InChI=1S/C43H56F3N5O11S/c1-6-26-18-25(2)10-7-8-11-28-22-42(28,38(54)49-63(57,58)40(3)15-16-40)48-35(52)32-21-30(62-36-31-13-12-29(59-4)19-27(31)20-33(47-36)60-5)23-50(32)37(53)34(26)51(39(55)56)41(43(44,45)46)14-9-17-61-24-41/h8,11-13,19-20,25-26,28,30,32,34H,6-7,9-10,14-18,21-24H2,1-5H3,(H,48,52)(H,49,54)(H,55,56)/t25-,26-,28-,30-,32+,34+,41?,42-/m1/s1. The van der Waals surface area contributed by atoms with E-state index >= 15 is 18.0 Å². The highest BCUT2D eigenvalue weighted by atomic mass is 32.2. The fourth-order valence-corrected chi connectivity index (χ4v) is 10.8. The van der Waals surface area contributed by atoms with Gasteiger partial charge >= 0.3 is 12.3 Å². The van der Waals surface area contributed by atoms with E-state index in [1.165, 1.54) is 21.1 Å². The number of carbonyl (C=O) groups is 4. The second-order valence-corrected chi connectivity index (χ2v) is 20.2. The largest absolute Gasteiger partial charge is 0.497 e. The monoisotopic (exact) mass is 907 g/mol. The highest BCUT2D eigenvalue weighted by Gasteiger charge is 2.66. The van der Waals surface area contributed by atoms with Gasteiger partial charge in [-0.3, -0.25) is 24.0 Å². The lowest BCUT2D eigenvalue weighted by Gasteiger charge is -2.50. The van der Waals surface area contributed by atoms with Gasteiger partial charge in [-0.05, 0) is 93.7 Å². The van der Waals surface area contributed by atoms with Crippen LogP contribution in [0.2, 0.25) is 0 Å². The number of amides is 4. The van der Waals surface area contributed by atoms with Crippen LogP contribution in [0.4, 0.5) is 18.0 Å². The zero-order valence-electron chi connectivity index (χ0n) is 36.0. The van der Waals surface area contributed by atoms with Gasteiger partial charge in [0.25, 0.3) is 5.91 Å². The van der Waals surface area contributed by atoms with Crippen LogP contribution < -0.4 is 24.2 Å². The molecular formula is C43H56F3N5O11S. The summed E-state index contributed by atoms with van der Waals surface area (Å²) in [4.78, 5) is 63.6. The quantitative estimate of drug-likeness (QED) is 0.259. The summed E-state index contributed by atoms with van der Waals surface area (Å²) >= 11 is 0. The first-order valence-electron chi connectivity index (χ1n) is 21.4. The van der Waals surface area contributed by atoms with Crippen molar-refractivity contribution in [1.82, 2.24) is 24.8 Å². The Bertz CT molecular complexity index is 2240. The van der Waals surface area contributed by atoms with E-state index in [0.717, 1.165) is 4.90 Å². The molecule has 3 aliphatic heterocycles. The highest BCUT2D eigenvalue weighted by Crippen LogP contribution is 2.49. The molecule has 63 heavy (non-hydrogen) atoms. The molecule has 8 atom stereocenters. The number of nitrogens with one attached hydrogen (secondary N) is 2. The molecule has 7 rings (SSSR count). The van der Waals surface area contributed by atoms with Gasteiger partial charge in [0.2, 0.25) is 33.6 Å². The highest BCUT2D eigenvalue weighted by molar-refractivity contribution is 7.91. The van der Waals surface area contributed by atoms with Crippen LogP contribution in [-0.2, 0) is 29.1 Å². The van der Waals surface area contributed by atoms with E-state index in [-0.39, 0.29) is 61.3 Å². The first kappa shape index (κ1) is 46.2. The Hall–Kier alpha value is -4.85. The van der Waals surface area contributed by atoms with Gasteiger partial charge in [0, 0.05) is 30.4 Å². The average Bonchev–Trinajstić information content (AvgIpc) is 4.12. The number of ether oxygens (including phenoxy) is 4. The molecule has 3 N–H and O–H groups in total. The van der Waals surface area contributed by atoms with Crippen molar-refractivity contribution in [1.29, 1.82) is 0 Å². The minimum Gasteiger partial charge on any atom is -0.497 e. The summed E-state index contributed by atoms with van der Waals surface area (Å²) in [7, 11) is -1.24. The summed E-state index contributed by atoms with van der Waals surface area (Å²) in [5.41, 5.74) is -4.84. The SMILES string of the molecule is CC[C@@H]1C[C@H](C)CCC=C[C@@H]2C[C@@]2(C(=O)NS(=O)(=O)C2(C)CC2)NC(=O)[C@@H]2C[C@@H](Oc3nc(OC)cc4cc(OC)ccc34)CN2C(=O)[C@H]1N(C(=O)O)C1(C(F)(F)F)CCCOC1. The van der Waals surface area contributed by atoms with Gasteiger partial charge in [-0.25, -0.2) is 13.2 Å². The molecule has 0 bridgehead atoms. The van der Waals surface area contributed by atoms with Gasteiger partial charge in [-0.2, -0.15) is 18.2 Å². The summed E-state index contributed by atoms with van der Waals surface area (Å²) < 4.78 is 96.8. The first-order chi connectivity index (χ1) is 29.7. The number of benzene rings is 1. The van der Waals surface area contributed by atoms with Gasteiger partial charge in [0.05, 0.1) is 32.1 Å². The number of hydrogen-bond acceptors (Lipinski definition) is 11. The number of aromatic nitrogens is 1. The lowest BCUT2D eigenvalue weighted by atomic mass is 9.80. The third-order valence-electron chi connectivity index (χ3n) is 13.7. The van der Waals surface area contributed by atoms with Crippen LogP contribution in [0.3, 0.4) is 0 Å². The Balaban J connectivity index is 1.33. The number of fused-ring (bicyclic) bond motifs is 3. The summed E-state index contributed by atoms with van der Waals surface area (Å²) in [6.07, 6.45) is -3.70. The predicted molar refractivity (Wildman–Crippen MR) is 221 cm³/mol. The molecule has 2 aromatic rings. The van der Waals surface area contributed by atoms with Gasteiger partial charge in [0.15, 0.2) is 5.54 Å². The van der Waals surface area contributed by atoms with Crippen molar-refractivity contribution in [2.24, 2.45) is 17.8 Å². The second-order valence-electron chi connectivity index (χ2n) is 18.0. The number of carbonyl (C=O) groups excluding carboxylic acids is 3. The molecule has 2 saturated carbocycles. The van der Waals surface area contributed by atoms with Gasteiger partial charge < -0.3 is 34.3 Å². The minimum absolute atomic E-state index is 0.0321. The maximum atomic E-state index is 15.5. The van der Waals surface area contributed by atoms with E-state index in [4.69, 9.17) is 18.9 Å². The molecule has 0 spiro atoms. The number of methoxy groups -OCH3 is 2. The summed E-state index contributed by atoms with van der Waals surface area (Å²) in [6.45, 7) is 3.62. The van der Waals surface area contributed by atoms with E-state index in [2.05, 4.69) is 15.0 Å². The van der Waals surface area contributed by atoms with Crippen LogP contribution in [0.25, 0.3) is 10.8 Å². The van der Waals surface area contributed by atoms with Crippen LogP contribution in [-0.4, -0.2) is 126 Å². The van der Waals surface area contributed by atoms with Crippen molar-refractivity contribution >= 4 is 44.6 Å². The lowest BCUT2D eigenvalue weighted by molar-refractivity contribution is -0.260. The molecule has 1 aromatic carbocycles. The number of carboxylic acid groups (broad SMARTS) is 1. The smallest absolute Gasteiger partial charge is 0.414 e. The fraction of sp³-hybridized carbons (Fsp3) is 0.651. The normalized spacial score (nSPS) is 31.1. The van der Waals surface area contributed by atoms with Crippen molar-refractivity contribution in [3.63, 3.8) is 0 Å². The molecule has 2 aliphatic carbocycles. The Morgan fingerprint density at radius 1 is 1.13 bits per heavy atom. The maximum absolute atomic E-state index is 15.5. The third-order valence-corrected chi connectivity index (χ3v) is 15.9. The van der Waals surface area contributed by atoms with Crippen molar-refractivity contribution in [3.05, 3.63) is 36.4 Å². The molecule has 4 fully saturated rings. The molecule has 20 heteroatoms. The predicted octanol–water partition coefficient (Wildman–Crippen LogP) is 5.34. The van der Waals surface area contributed by atoms with Crippen molar-refractivity contribution < 1.29 is 64.8 Å². The van der Waals surface area contributed by atoms with E-state index < -0.39 is 105 Å². The average molecular weight is 908 g/mol. The summed E-state index contributed by atoms with van der Waals surface area (Å²) in [5.74, 6) is -3.94. The topological polar surface area (TPSA) is 203 Å². The summed E-state index contributed by atoms with van der Waals surface area (Å²) in [5, 5.41) is 14.8. The maximum Gasteiger partial charge on any atom is 0.414 e. The molecule has 4 amide bonds. The van der Waals surface area contributed by atoms with Crippen LogP contribution in [0.1, 0.15) is 85.0 Å². The van der Waals surface area contributed by atoms with Crippen molar-refractivity contribution in [2.45, 2.75) is 125 Å². The fourth-order valence-electron chi connectivity index (χ4n) is 9.49. The van der Waals surface area contributed by atoms with Crippen molar-refractivity contribution in [3.8, 4) is 17.5 Å². The van der Waals surface area contributed by atoms with E-state index in [1.807, 2.05) is 13.0 Å². The number of hydrogen-bond donors (Lipinski definition) is 3. The molecular weight excluding hydrogens is 852 g/mol. The van der Waals surface area contributed by atoms with E-state index in [9.17, 15) is 27.9 Å². The zero-order valence-corrected chi connectivity index (χ0v) is 36.9. The Labute approximate surface area is 364 Å². The number of pyridine rings is 1. The molecule has 16 nitrogen and oxygen atoms in total. The Kier molecular flexibility index (Phi) is 12.6. The van der Waals surface area contributed by atoms with Crippen LogP contribution in [0.5, 0.6) is 17.5 Å².